The van der Waals surface area contributed by atoms with Crippen LogP contribution in [-0.4, -0.2) is 16.6 Å². The Morgan fingerprint density at radius 3 is 2.40 bits per heavy atom. The second-order valence-electron chi connectivity index (χ2n) is 3.64. The summed E-state index contributed by atoms with van der Waals surface area (Å²) >= 11 is 4.42. The van der Waals surface area contributed by atoms with Gasteiger partial charge in [-0.05, 0) is 77.2 Å². The predicted molar refractivity (Wildman–Crippen MR) is 76.8 cm³/mol. The summed E-state index contributed by atoms with van der Waals surface area (Å²) in [6.07, 6.45) is 0. The van der Waals surface area contributed by atoms with E-state index >= 15 is 0 Å². The number of carbonyl (C=O) groups is 1. The highest BCUT2D eigenvalue weighted by Gasteiger charge is 2.23. The fourth-order valence-corrected chi connectivity index (χ4v) is 1.71. The topological polar surface area (TPSA) is 49.3 Å². The molecular weight excluding hydrogens is 420 g/mol. The molecule has 5 heteroatoms. The third kappa shape index (κ3) is 3.87. The van der Waals surface area contributed by atoms with Crippen molar-refractivity contribution < 1.29 is 9.90 Å². The Hall–Kier alpha value is 0.110. The van der Waals surface area contributed by atoms with Crippen LogP contribution in [0.4, 0.5) is 5.69 Å². The summed E-state index contributed by atoms with van der Waals surface area (Å²) < 4.78 is 2.20. The van der Waals surface area contributed by atoms with Crippen LogP contribution in [0.1, 0.15) is 13.8 Å². The summed E-state index contributed by atoms with van der Waals surface area (Å²) in [4.78, 5) is 11.5. The molecule has 0 atom stereocenters. The molecule has 15 heavy (non-hydrogen) atoms. The zero-order valence-electron chi connectivity index (χ0n) is 8.34. The number of hydrogen-bond donors (Lipinski definition) is 2. The van der Waals surface area contributed by atoms with E-state index in [1.807, 2.05) is 18.2 Å². The molecule has 0 aliphatic rings. The zero-order chi connectivity index (χ0) is 11.6. The molecule has 0 bridgehead atoms. The molecule has 1 aromatic carbocycles. The second kappa shape index (κ2) is 4.96. The average molecular weight is 431 g/mol. The van der Waals surface area contributed by atoms with Gasteiger partial charge in [0.2, 0.25) is 0 Å². The Labute approximate surface area is 116 Å². The van der Waals surface area contributed by atoms with Crippen LogP contribution in [0.5, 0.6) is 0 Å². The van der Waals surface area contributed by atoms with Gasteiger partial charge >= 0.3 is 0 Å². The van der Waals surface area contributed by atoms with Crippen molar-refractivity contribution in [2.75, 3.05) is 5.32 Å². The highest BCUT2D eigenvalue weighted by atomic mass is 127. The smallest absolute Gasteiger partial charge is 0.255 e. The van der Waals surface area contributed by atoms with Gasteiger partial charge in [-0.15, -0.1) is 0 Å². The lowest BCUT2D eigenvalue weighted by Gasteiger charge is -2.16. The van der Waals surface area contributed by atoms with Gasteiger partial charge in [0, 0.05) is 12.8 Å². The maximum Gasteiger partial charge on any atom is 0.255 e. The first-order valence-corrected chi connectivity index (χ1v) is 6.45. The molecule has 0 spiro atoms. The third-order valence-electron chi connectivity index (χ3n) is 1.73. The number of hydrogen-bond acceptors (Lipinski definition) is 2. The van der Waals surface area contributed by atoms with Crippen LogP contribution in [0.3, 0.4) is 0 Å². The van der Waals surface area contributed by atoms with Crippen LogP contribution in [0.25, 0.3) is 0 Å². The highest BCUT2D eigenvalue weighted by molar-refractivity contribution is 14.1. The summed E-state index contributed by atoms with van der Waals surface area (Å²) in [7, 11) is 0. The van der Waals surface area contributed by atoms with Crippen LogP contribution in [0.2, 0.25) is 0 Å². The summed E-state index contributed by atoms with van der Waals surface area (Å²) in [5.41, 5.74) is -0.652. The van der Waals surface area contributed by atoms with Gasteiger partial charge in [0.1, 0.15) is 5.60 Å². The van der Waals surface area contributed by atoms with Crippen molar-refractivity contribution in [3.05, 3.63) is 25.3 Å². The molecule has 3 nitrogen and oxygen atoms in total. The fourth-order valence-electron chi connectivity index (χ4n) is 0.858. The Morgan fingerprint density at radius 1 is 1.33 bits per heavy atom. The minimum Gasteiger partial charge on any atom is -0.381 e. The molecule has 0 unspecified atom stereocenters. The van der Waals surface area contributed by atoms with Crippen molar-refractivity contribution in [1.82, 2.24) is 0 Å². The minimum atomic E-state index is -1.35. The van der Waals surface area contributed by atoms with Gasteiger partial charge in [-0.1, -0.05) is 0 Å². The van der Waals surface area contributed by atoms with Gasteiger partial charge in [-0.25, -0.2) is 0 Å². The van der Waals surface area contributed by atoms with Crippen LogP contribution in [0, 0.1) is 7.14 Å². The molecule has 0 fully saturated rings. The van der Waals surface area contributed by atoms with E-state index < -0.39 is 11.5 Å². The molecule has 2 N–H and O–H groups in total. The molecule has 0 saturated carbocycles. The van der Waals surface area contributed by atoms with Crippen LogP contribution in [0.15, 0.2) is 18.2 Å². The van der Waals surface area contributed by atoms with E-state index in [2.05, 4.69) is 50.5 Å². The van der Waals surface area contributed by atoms with Crippen molar-refractivity contribution in [1.29, 1.82) is 0 Å². The Balaban J connectivity index is 2.83. The lowest BCUT2D eigenvalue weighted by Crippen LogP contribution is -2.36. The molecule has 1 aromatic rings. The van der Waals surface area contributed by atoms with Crippen LogP contribution < -0.4 is 5.32 Å². The van der Waals surface area contributed by atoms with Gasteiger partial charge in [-0.2, -0.15) is 0 Å². The first kappa shape index (κ1) is 13.2. The lowest BCUT2D eigenvalue weighted by atomic mass is 10.1. The predicted octanol–water partition coefficient (Wildman–Crippen LogP) is 2.61. The zero-order valence-corrected chi connectivity index (χ0v) is 12.7. The molecule has 0 radical (unpaired) electrons. The van der Waals surface area contributed by atoms with Crippen LogP contribution in [-0.2, 0) is 4.79 Å². The normalized spacial score (nSPS) is 11.3. The highest BCUT2D eigenvalue weighted by Crippen LogP contribution is 2.20. The van der Waals surface area contributed by atoms with E-state index in [1.54, 1.807) is 0 Å². The van der Waals surface area contributed by atoms with E-state index in [1.165, 1.54) is 13.8 Å². The maximum atomic E-state index is 11.5. The minimum absolute atomic E-state index is 0.403. The quantitative estimate of drug-likeness (QED) is 0.708. The van der Waals surface area contributed by atoms with Crippen LogP contribution >= 0.6 is 45.2 Å². The maximum absolute atomic E-state index is 11.5. The molecular formula is C10H11I2NO2. The summed E-state index contributed by atoms with van der Waals surface area (Å²) in [5.74, 6) is -0.403. The monoisotopic (exact) mass is 431 g/mol. The Morgan fingerprint density at radius 2 is 1.93 bits per heavy atom. The molecule has 0 aromatic heterocycles. The van der Waals surface area contributed by atoms with Crippen molar-refractivity contribution in [3.63, 3.8) is 0 Å². The standard InChI is InChI=1S/C10H11I2NO2/c1-10(2,15)9(14)13-6-3-4-7(11)8(12)5-6/h3-5,15H,1-2H3,(H,13,14). The molecule has 1 rings (SSSR count). The number of anilines is 1. The molecule has 82 valence electrons. The molecule has 1 amide bonds. The number of benzene rings is 1. The van der Waals surface area contributed by atoms with Crippen molar-refractivity contribution in [2.45, 2.75) is 19.4 Å². The van der Waals surface area contributed by atoms with E-state index in [0.29, 0.717) is 5.69 Å². The van der Waals surface area contributed by atoms with E-state index in [0.717, 1.165) is 7.14 Å². The largest absolute Gasteiger partial charge is 0.381 e. The Bertz CT molecular complexity index is 385. The number of aliphatic hydroxyl groups is 1. The van der Waals surface area contributed by atoms with Gasteiger partial charge in [0.05, 0.1) is 0 Å². The van der Waals surface area contributed by atoms with Gasteiger partial charge in [-0.3, -0.25) is 4.79 Å². The molecule has 0 saturated heterocycles. The van der Waals surface area contributed by atoms with E-state index in [9.17, 15) is 9.90 Å². The summed E-state index contributed by atoms with van der Waals surface area (Å²) in [6, 6.07) is 5.60. The first-order valence-electron chi connectivity index (χ1n) is 4.29. The second-order valence-corrected chi connectivity index (χ2v) is 5.97. The van der Waals surface area contributed by atoms with E-state index in [-0.39, 0.29) is 0 Å². The fraction of sp³-hybridized carbons (Fsp3) is 0.300. The number of carbonyl (C=O) groups excluding carboxylic acids is 1. The van der Waals surface area contributed by atoms with Gasteiger partial charge in [0.15, 0.2) is 0 Å². The summed E-state index contributed by atoms with van der Waals surface area (Å²) in [6.45, 7) is 2.92. The SMILES string of the molecule is CC(C)(O)C(=O)Nc1ccc(I)c(I)c1. The lowest BCUT2D eigenvalue weighted by molar-refractivity contribution is -0.130. The number of nitrogens with one attached hydrogen (secondary N) is 1. The Kier molecular flexibility index (Phi) is 4.36. The molecule has 0 heterocycles. The van der Waals surface area contributed by atoms with Crippen molar-refractivity contribution in [2.24, 2.45) is 0 Å². The number of rotatable bonds is 2. The average Bonchev–Trinajstić information content (AvgIpc) is 2.10. The van der Waals surface area contributed by atoms with Crippen molar-refractivity contribution >= 4 is 56.8 Å². The van der Waals surface area contributed by atoms with Gasteiger partial charge < -0.3 is 10.4 Å². The third-order valence-corrected chi connectivity index (χ3v) is 4.60. The summed E-state index contributed by atoms with van der Waals surface area (Å²) in [5, 5.41) is 12.1. The number of halogens is 2. The molecule has 0 aliphatic carbocycles. The van der Waals surface area contributed by atoms with Crippen molar-refractivity contribution in [3.8, 4) is 0 Å². The number of amides is 1. The van der Waals surface area contributed by atoms with Gasteiger partial charge in [0.25, 0.3) is 5.91 Å². The van der Waals surface area contributed by atoms with E-state index in [4.69, 9.17) is 0 Å². The first-order chi connectivity index (χ1) is 6.80. The molecule has 0 aliphatic heterocycles.